The van der Waals surface area contributed by atoms with Crippen LogP contribution in [0.15, 0.2) is 34.7 Å². The van der Waals surface area contributed by atoms with Gasteiger partial charge in [-0.25, -0.2) is 4.98 Å². The molecule has 4 aromatic rings. The summed E-state index contributed by atoms with van der Waals surface area (Å²) in [5.41, 5.74) is 3.69. The van der Waals surface area contributed by atoms with Gasteiger partial charge in [0.2, 0.25) is 0 Å². The van der Waals surface area contributed by atoms with Crippen LogP contribution in [0.25, 0.3) is 21.3 Å². The standard InChI is InChI=1S/C16H12N4O3S/c1-8-3-4-10-12(6-8)23-15(17-10)19-16-18-14-11(20(21)22)5-9(2)7-13(14)24-16/h3-7H,1-2H3,(H,17,18,19). The molecule has 7 nitrogen and oxygen atoms in total. The summed E-state index contributed by atoms with van der Waals surface area (Å²) in [5, 5.41) is 14.7. The summed E-state index contributed by atoms with van der Waals surface area (Å²) in [7, 11) is 0. The molecule has 0 saturated heterocycles. The second kappa shape index (κ2) is 5.27. The minimum absolute atomic E-state index is 0.00231. The van der Waals surface area contributed by atoms with Gasteiger partial charge in [0.1, 0.15) is 5.52 Å². The van der Waals surface area contributed by atoms with Gasteiger partial charge in [-0.3, -0.25) is 15.4 Å². The van der Waals surface area contributed by atoms with Gasteiger partial charge in [-0.2, -0.15) is 4.98 Å². The summed E-state index contributed by atoms with van der Waals surface area (Å²) in [6.45, 7) is 3.80. The Labute approximate surface area is 140 Å². The Morgan fingerprint density at radius 2 is 2.00 bits per heavy atom. The Morgan fingerprint density at radius 3 is 2.79 bits per heavy atom. The van der Waals surface area contributed by atoms with E-state index in [0.717, 1.165) is 21.3 Å². The number of hydrogen-bond acceptors (Lipinski definition) is 7. The lowest BCUT2D eigenvalue weighted by molar-refractivity contribution is -0.383. The predicted molar refractivity (Wildman–Crippen MR) is 93.0 cm³/mol. The number of fused-ring (bicyclic) bond motifs is 2. The highest BCUT2D eigenvalue weighted by Gasteiger charge is 2.18. The van der Waals surface area contributed by atoms with Gasteiger partial charge < -0.3 is 4.42 Å². The Bertz CT molecular complexity index is 1100. The first-order chi connectivity index (χ1) is 11.5. The fourth-order valence-corrected chi connectivity index (χ4v) is 3.49. The zero-order valence-corrected chi connectivity index (χ0v) is 13.7. The van der Waals surface area contributed by atoms with Crippen molar-refractivity contribution in [1.29, 1.82) is 0 Å². The van der Waals surface area contributed by atoms with E-state index in [-0.39, 0.29) is 5.69 Å². The highest BCUT2D eigenvalue weighted by Crippen LogP contribution is 2.35. The molecule has 2 aromatic heterocycles. The quantitative estimate of drug-likeness (QED) is 0.429. The van der Waals surface area contributed by atoms with Gasteiger partial charge >= 0.3 is 6.01 Å². The molecule has 0 fully saturated rings. The second-order valence-corrected chi connectivity index (χ2v) is 6.55. The number of non-ortho nitro benzene ring substituents is 1. The number of nitrogens with one attached hydrogen (secondary N) is 1. The van der Waals surface area contributed by atoms with Crippen molar-refractivity contribution >= 4 is 49.5 Å². The monoisotopic (exact) mass is 340 g/mol. The van der Waals surface area contributed by atoms with Crippen LogP contribution in [0, 0.1) is 24.0 Å². The SMILES string of the molecule is Cc1ccc2nc(Nc3nc4c([N+](=O)[O-])cc(C)cc4s3)oc2c1. The van der Waals surface area contributed by atoms with Crippen molar-refractivity contribution in [3.8, 4) is 0 Å². The van der Waals surface area contributed by atoms with Gasteiger partial charge in [-0.1, -0.05) is 17.4 Å². The first kappa shape index (κ1) is 14.6. The van der Waals surface area contributed by atoms with E-state index in [1.807, 2.05) is 38.1 Å². The van der Waals surface area contributed by atoms with Crippen LogP contribution in [0.1, 0.15) is 11.1 Å². The van der Waals surface area contributed by atoms with Crippen molar-refractivity contribution in [2.45, 2.75) is 13.8 Å². The predicted octanol–water partition coefficient (Wildman–Crippen LogP) is 4.71. The largest absolute Gasteiger partial charge is 0.423 e. The molecular weight excluding hydrogens is 328 g/mol. The molecule has 0 aliphatic rings. The molecule has 0 amide bonds. The van der Waals surface area contributed by atoms with E-state index in [4.69, 9.17) is 4.42 Å². The number of nitro benzene ring substituents is 1. The number of benzene rings is 2. The van der Waals surface area contributed by atoms with Crippen LogP contribution in [0.5, 0.6) is 0 Å². The van der Waals surface area contributed by atoms with Crippen molar-refractivity contribution in [2.24, 2.45) is 0 Å². The van der Waals surface area contributed by atoms with Crippen LogP contribution in [0.2, 0.25) is 0 Å². The molecule has 8 heteroatoms. The molecule has 1 N–H and O–H groups in total. The highest BCUT2D eigenvalue weighted by atomic mass is 32.1. The molecule has 0 spiro atoms. The number of anilines is 2. The van der Waals surface area contributed by atoms with Gasteiger partial charge in [0.15, 0.2) is 16.2 Å². The van der Waals surface area contributed by atoms with Crippen LogP contribution in [0.4, 0.5) is 16.8 Å². The molecule has 0 aliphatic carbocycles. The Kier molecular flexibility index (Phi) is 3.20. The molecule has 0 aliphatic heterocycles. The van der Waals surface area contributed by atoms with E-state index in [9.17, 15) is 10.1 Å². The van der Waals surface area contributed by atoms with Gasteiger partial charge in [0.05, 0.1) is 9.62 Å². The van der Waals surface area contributed by atoms with E-state index in [0.29, 0.717) is 22.2 Å². The first-order valence-corrected chi connectivity index (χ1v) is 8.01. The summed E-state index contributed by atoms with van der Waals surface area (Å²) in [5.74, 6) is 0. The maximum atomic E-state index is 11.2. The summed E-state index contributed by atoms with van der Waals surface area (Å²) in [6.07, 6.45) is 0. The third-order valence-corrected chi connectivity index (χ3v) is 4.49. The highest BCUT2D eigenvalue weighted by molar-refractivity contribution is 7.22. The van der Waals surface area contributed by atoms with Crippen molar-refractivity contribution in [1.82, 2.24) is 9.97 Å². The van der Waals surface area contributed by atoms with Crippen molar-refractivity contribution in [3.05, 3.63) is 51.6 Å². The van der Waals surface area contributed by atoms with E-state index < -0.39 is 4.92 Å². The van der Waals surface area contributed by atoms with Crippen molar-refractivity contribution in [3.63, 3.8) is 0 Å². The summed E-state index contributed by atoms with van der Waals surface area (Å²) in [4.78, 5) is 19.5. The number of aryl methyl sites for hydroxylation is 2. The first-order valence-electron chi connectivity index (χ1n) is 7.19. The molecule has 0 bridgehead atoms. The van der Waals surface area contributed by atoms with Gasteiger partial charge in [0.25, 0.3) is 5.69 Å². The van der Waals surface area contributed by atoms with Gasteiger partial charge in [-0.05, 0) is 43.2 Å². The minimum atomic E-state index is -0.416. The summed E-state index contributed by atoms with van der Waals surface area (Å²) >= 11 is 1.32. The smallest absolute Gasteiger partial charge is 0.302 e. The zero-order chi connectivity index (χ0) is 16.8. The van der Waals surface area contributed by atoms with Gasteiger partial charge in [-0.15, -0.1) is 0 Å². The molecule has 2 heterocycles. The summed E-state index contributed by atoms with van der Waals surface area (Å²) in [6, 6.07) is 9.45. The van der Waals surface area contributed by atoms with Crippen molar-refractivity contribution < 1.29 is 9.34 Å². The van der Waals surface area contributed by atoms with Crippen molar-refractivity contribution in [2.75, 3.05) is 5.32 Å². The Balaban J connectivity index is 1.76. The lowest BCUT2D eigenvalue weighted by Gasteiger charge is -1.94. The molecule has 0 radical (unpaired) electrons. The second-order valence-electron chi connectivity index (χ2n) is 5.52. The molecule has 4 rings (SSSR count). The van der Waals surface area contributed by atoms with E-state index in [1.165, 1.54) is 17.4 Å². The topological polar surface area (TPSA) is 94.1 Å². The van der Waals surface area contributed by atoms with Crippen LogP contribution in [-0.4, -0.2) is 14.9 Å². The normalized spacial score (nSPS) is 11.2. The average Bonchev–Trinajstić information content (AvgIpc) is 3.08. The van der Waals surface area contributed by atoms with Crippen LogP contribution in [-0.2, 0) is 0 Å². The third-order valence-electron chi connectivity index (χ3n) is 3.57. The number of thiazole rings is 1. The number of hydrogen-bond donors (Lipinski definition) is 1. The van der Waals surface area contributed by atoms with E-state index in [2.05, 4.69) is 15.3 Å². The molecule has 0 unspecified atom stereocenters. The fourth-order valence-electron chi connectivity index (χ4n) is 2.52. The number of rotatable bonds is 3. The third kappa shape index (κ3) is 2.46. The molecule has 120 valence electrons. The number of nitro groups is 1. The average molecular weight is 340 g/mol. The minimum Gasteiger partial charge on any atom is -0.423 e. The molecule has 0 atom stereocenters. The lowest BCUT2D eigenvalue weighted by atomic mass is 10.2. The Hall–Kier alpha value is -3.00. The lowest BCUT2D eigenvalue weighted by Crippen LogP contribution is -1.91. The molecular formula is C16H12N4O3S. The zero-order valence-electron chi connectivity index (χ0n) is 12.9. The van der Waals surface area contributed by atoms with Crippen LogP contribution in [0.3, 0.4) is 0 Å². The fraction of sp³-hybridized carbons (Fsp3) is 0.125. The number of aromatic nitrogens is 2. The van der Waals surface area contributed by atoms with Gasteiger partial charge in [0, 0.05) is 6.07 Å². The van der Waals surface area contributed by atoms with E-state index in [1.54, 1.807) is 0 Å². The molecule has 0 saturated carbocycles. The molecule has 2 aromatic carbocycles. The summed E-state index contributed by atoms with van der Waals surface area (Å²) < 4.78 is 6.41. The number of nitrogens with zero attached hydrogens (tertiary/aromatic N) is 3. The Morgan fingerprint density at radius 1 is 1.17 bits per heavy atom. The van der Waals surface area contributed by atoms with Crippen LogP contribution < -0.4 is 5.32 Å². The number of oxazole rings is 1. The maximum absolute atomic E-state index is 11.2. The van der Waals surface area contributed by atoms with Crippen LogP contribution >= 0.6 is 11.3 Å². The van der Waals surface area contributed by atoms with E-state index >= 15 is 0 Å². The maximum Gasteiger partial charge on any atom is 0.302 e. The molecule has 24 heavy (non-hydrogen) atoms.